The summed E-state index contributed by atoms with van der Waals surface area (Å²) in [4.78, 5) is 23.4. The van der Waals surface area contributed by atoms with Crippen LogP contribution in [0.2, 0.25) is 0 Å². The standard InChI is InChI=1S/C10H10N4O5/c1-19-9-3-2-6(4-8(9)14(17)18)7(12-13-11)5-10(15)16/h2-4,7H,5H2,1H3,(H,15,16). The van der Waals surface area contributed by atoms with Crippen molar-refractivity contribution in [1.82, 2.24) is 0 Å². The maximum absolute atomic E-state index is 10.8. The van der Waals surface area contributed by atoms with E-state index in [-0.39, 0.29) is 17.0 Å². The van der Waals surface area contributed by atoms with E-state index in [0.717, 1.165) is 6.07 Å². The van der Waals surface area contributed by atoms with Gasteiger partial charge in [-0.25, -0.2) is 0 Å². The van der Waals surface area contributed by atoms with Gasteiger partial charge in [0, 0.05) is 11.0 Å². The topological polar surface area (TPSA) is 138 Å². The van der Waals surface area contributed by atoms with Gasteiger partial charge >= 0.3 is 11.7 Å². The van der Waals surface area contributed by atoms with Gasteiger partial charge in [0.15, 0.2) is 5.75 Å². The summed E-state index contributed by atoms with van der Waals surface area (Å²) in [5.41, 5.74) is 8.32. The van der Waals surface area contributed by atoms with Gasteiger partial charge in [-0.1, -0.05) is 11.2 Å². The third-order valence-corrected chi connectivity index (χ3v) is 2.34. The van der Waals surface area contributed by atoms with E-state index < -0.39 is 23.4 Å². The molecule has 0 fully saturated rings. The second-order valence-electron chi connectivity index (χ2n) is 3.51. The first-order chi connectivity index (χ1) is 8.99. The van der Waals surface area contributed by atoms with Crippen molar-refractivity contribution in [1.29, 1.82) is 0 Å². The number of hydrogen-bond donors (Lipinski definition) is 1. The van der Waals surface area contributed by atoms with E-state index in [9.17, 15) is 14.9 Å². The Hall–Kier alpha value is -2.80. The van der Waals surface area contributed by atoms with E-state index >= 15 is 0 Å². The fourth-order valence-corrected chi connectivity index (χ4v) is 1.51. The molecular weight excluding hydrogens is 256 g/mol. The van der Waals surface area contributed by atoms with Gasteiger partial charge in [-0.3, -0.25) is 14.9 Å². The molecule has 0 bridgehead atoms. The van der Waals surface area contributed by atoms with E-state index in [4.69, 9.17) is 15.4 Å². The van der Waals surface area contributed by atoms with Crippen molar-refractivity contribution < 1.29 is 19.6 Å². The van der Waals surface area contributed by atoms with Crippen LogP contribution in [0.1, 0.15) is 18.0 Å². The average molecular weight is 266 g/mol. The zero-order valence-electron chi connectivity index (χ0n) is 9.89. The number of rotatable bonds is 6. The summed E-state index contributed by atoms with van der Waals surface area (Å²) in [6.45, 7) is 0. The number of azide groups is 1. The minimum Gasteiger partial charge on any atom is -0.490 e. The SMILES string of the molecule is COc1ccc(C(CC(=O)O)N=[N+]=[N-])cc1[N+](=O)[O-]. The highest BCUT2D eigenvalue weighted by Crippen LogP contribution is 2.32. The first kappa shape index (κ1) is 14.3. The van der Waals surface area contributed by atoms with Gasteiger partial charge in [0.25, 0.3) is 0 Å². The molecule has 0 aliphatic rings. The Morgan fingerprint density at radius 1 is 1.68 bits per heavy atom. The summed E-state index contributed by atoms with van der Waals surface area (Å²) in [6.07, 6.45) is -0.451. The van der Waals surface area contributed by atoms with Crippen molar-refractivity contribution >= 4 is 11.7 Å². The van der Waals surface area contributed by atoms with E-state index in [1.165, 1.54) is 19.2 Å². The van der Waals surface area contributed by atoms with Crippen LogP contribution >= 0.6 is 0 Å². The van der Waals surface area contributed by atoms with Crippen molar-refractivity contribution in [2.45, 2.75) is 12.5 Å². The van der Waals surface area contributed by atoms with Crippen LogP contribution in [-0.4, -0.2) is 23.1 Å². The lowest BCUT2D eigenvalue weighted by molar-refractivity contribution is -0.385. The molecule has 0 saturated carbocycles. The quantitative estimate of drug-likeness (QED) is 0.277. The van der Waals surface area contributed by atoms with E-state index in [1.807, 2.05) is 0 Å². The largest absolute Gasteiger partial charge is 0.490 e. The molecule has 0 aromatic heterocycles. The maximum Gasteiger partial charge on any atom is 0.311 e. The normalized spacial score (nSPS) is 11.2. The fraction of sp³-hybridized carbons (Fsp3) is 0.300. The van der Waals surface area contributed by atoms with E-state index in [1.54, 1.807) is 0 Å². The third kappa shape index (κ3) is 3.58. The number of carboxylic acids is 1. The van der Waals surface area contributed by atoms with Crippen molar-refractivity contribution in [2.24, 2.45) is 5.11 Å². The third-order valence-electron chi connectivity index (χ3n) is 2.34. The fourth-order valence-electron chi connectivity index (χ4n) is 1.51. The smallest absolute Gasteiger partial charge is 0.311 e. The van der Waals surface area contributed by atoms with Gasteiger partial charge < -0.3 is 9.84 Å². The molecule has 0 amide bonds. The number of methoxy groups -OCH3 is 1. The molecule has 0 radical (unpaired) electrons. The number of nitrogens with zero attached hydrogens (tertiary/aromatic N) is 4. The second-order valence-corrected chi connectivity index (χ2v) is 3.51. The predicted molar refractivity (Wildman–Crippen MR) is 63.8 cm³/mol. The summed E-state index contributed by atoms with van der Waals surface area (Å²) >= 11 is 0. The highest BCUT2D eigenvalue weighted by atomic mass is 16.6. The van der Waals surface area contributed by atoms with E-state index in [0.29, 0.717) is 0 Å². The second kappa shape index (κ2) is 6.22. The Balaban J connectivity index is 3.24. The van der Waals surface area contributed by atoms with Gasteiger partial charge in [0.1, 0.15) is 0 Å². The Bertz CT molecular complexity index is 553. The van der Waals surface area contributed by atoms with Crippen LogP contribution in [0.3, 0.4) is 0 Å². The molecule has 0 heterocycles. The number of ether oxygens (including phenoxy) is 1. The van der Waals surface area contributed by atoms with Crippen molar-refractivity contribution in [3.8, 4) is 5.75 Å². The van der Waals surface area contributed by atoms with Crippen molar-refractivity contribution in [2.75, 3.05) is 7.11 Å². The number of benzene rings is 1. The molecule has 1 N–H and O–H groups in total. The molecule has 1 aromatic rings. The highest BCUT2D eigenvalue weighted by Gasteiger charge is 2.20. The van der Waals surface area contributed by atoms with Crippen LogP contribution in [0.15, 0.2) is 23.3 Å². The molecule has 0 spiro atoms. The lowest BCUT2D eigenvalue weighted by Gasteiger charge is -2.10. The highest BCUT2D eigenvalue weighted by molar-refractivity contribution is 5.68. The minimum absolute atomic E-state index is 0.0452. The van der Waals surface area contributed by atoms with Gasteiger partial charge in [-0.15, -0.1) is 0 Å². The van der Waals surface area contributed by atoms with Crippen LogP contribution in [0.25, 0.3) is 10.4 Å². The number of aliphatic carboxylic acids is 1. The van der Waals surface area contributed by atoms with Crippen LogP contribution < -0.4 is 4.74 Å². The summed E-state index contributed by atoms with van der Waals surface area (Å²) in [7, 11) is 1.28. The molecule has 1 rings (SSSR count). The Labute approximate surface area is 107 Å². The monoisotopic (exact) mass is 266 g/mol. The van der Waals surface area contributed by atoms with Crippen LogP contribution in [0, 0.1) is 10.1 Å². The number of carboxylic acid groups (broad SMARTS) is 1. The zero-order chi connectivity index (χ0) is 14.4. The molecule has 9 nitrogen and oxygen atoms in total. The summed E-state index contributed by atoms with van der Waals surface area (Å²) < 4.78 is 4.82. The Kier molecular flexibility index (Phi) is 4.67. The number of hydrogen-bond acceptors (Lipinski definition) is 5. The Morgan fingerprint density at radius 2 is 2.37 bits per heavy atom. The van der Waals surface area contributed by atoms with Gasteiger partial charge in [0.2, 0.25) is 0 Å². The van der Waals surface area contributed by atoms with Gasteiger partial charge in [0.05, 0.1) is 24.5 Å². The van der Waals surface area contributed by atoms with Crippen molar-refractivity contribution in [3.63, 3.8) is 0 Å². The molecule has 0 saturated heterocycles. The first-order valence-electron chi connectivity index (χ1n) is 5.08. The molecular formula is C10H10N4O5. The molecule has 0 aliphatic heterocycles. The summed E-state index contributed by atoms with van der Waals surface area (Å²) in [5, 5.41) is 22.9. The molecule has 0 aliphatic carbocycles. The van der Waals surface area contributed by atoms with Crippen LogP contribution in [0.4, 0.5) is 5.69 Å². The molecule has 100 valence electrons. The molecule has 1 atom stereocenters. The maximum atomic E-state index is 10.8. The van der Waals surface area contributed by atoms with E-state index in [2.05, 4.69) is 10.0 Å². The van der Waals surface area contributed by atoms with Gasteiger partial charge in [-0.2, -0.15) is 0 Å². The van der Waals surface area contributed by atoms with Crippen molar-refractivity contribution in [3.05, 3.63) is 44.3 Å². The van der Waals surface area contributed by atoms with Crippen LogP contribution in [-0.2, 0) is 4.79 Å². The molecule has 9 heteroatoms. The minimum atomic E-state index is -1.17. The molecule has 19 heavy (non-hydrogen) atoms. The van der Waals surface area contributed by atoms with Gasteiger partial charge in [-0.05, 0) is 17.2 Å². The molecule has 1 aromatic carbocycles. The number of carbonyl (C=O) groups is 1. The Morgan fingerprint density at radius 3 is 2.84 bits per heavy atom. The molecule has 1 unspecified atom stereocenters. The lowest BCUT2D eigenvalue weighted by Crippen LogP contribution is -2.04. The number of nitro groups is 1. The summed E-state index contributed by atoms with van der Waals surface area (Å²) in [5.74, 6) is -1.13. The first-order valence-corrected chi connectivity index (χ1v) is 5.08. The van der Waals surface area contributed by atoms with Crippen LogP contribution in [0.5, 0.6) is 5.75 Å². The summed E-state index contributed by atoms with van der Waals surface area (Å²) in [6, 6.07) is 2.89. The number of nitro benzene ring substituents is 1. The zero-order valence-corrected chi connectivity index (χ0v) is 9.89. The average Bonchev–Trinajstić information content (AvgIpc) is 2.37. The predicted octanol–water partition coefficient (Wildman–Crippen LogP) is 2.43. The lowest BCUT2D eigenvalue weighted by atomic mass is 10.0.